The number of aryl methyl sites for hydroxylation is 2. The van der Waals surface area contributed by atoms with Gasteiger partial charge in [0.15, 0.2) is 11.5 Å². The molecule has 0 saturated heterocycles. The van der Waals surface area contributed by atoms with Gasteiger partial charge in [0.05, 0.1) is 24.2 Å². The number of hydrogen-bond donors (Lipinski definition) is 2. The van der Waals surface area contributed by atoms with Crippen molar-refractivity contribution in [3.05, 3.63) is 77.0 Å². The van der Waals surface area contributed by atoms with Gasteiger partial charge in [-0.2, -0.15) is 0 Å². The Morgan fingerprint density at radius 2 is 1.59 bits per heavy atom. The van der Waals surface area contributed by atoms with Crippen molar-refractivity contribution in [3.8, 4) is 45.3 Å². The van der Waals surface area contributed by atoms with Crippen LogP contribution >= 0.6 is 0 Å². The van der Waals surface area contributed by atoms with Crippen LogP contribution in [-0.2, 0) is 10.0 Å². The first kappa shape index (κ1) is 31.1. The molecule has 0 bridgehead atoms. The average molecular weight is 613 g/mol. The molecule has 0 unspecified atom stereocenters. The molecule has 0 aliphatic rings. The number of phenolic OH excluding ortho intramolecular Hbond substituents is 1. The maximum Gasteiger partial charge on any atom is 0.232 e. The lowest BCUT2D eigenvalue weighted by Gasteiger charge is -2.13. The molecular weight excluding hydrogens is 572 g/mol. The van der Waals surface area contributed by atoms with E-state index in [-0.39, 0.29) is 11.5 Å². The highest BCUT2D eigenvalue weighted by atomic mass is 32.2. The monoisotopic (exact) mass is 612 g/mol. The molecule has 0 aliphatic heterocycles. The number of ether oxygens (including phenoxy) is 1. The molecule has 9 heteroatoms. The van der Waals surface area contributed by atoms with Gasteiger partial charge >= 0.3 is 0 Å². The van der Waals surface area contributed by atoms with Crippen molar-refractivity contribution >= 4 is 27.9 Å². The number of sulfonamides is 1. The molecule has 5 aromatic rings. The van der Waals surface area contributed by atoms with Gasteiger partial charge in [0.25, 0.3) is 0 Å². The summed E-state index contributed by atoms with van der Waals surface area (Å²) in [6.07, 6.45) is 5.92. The van der Waals surface area contributed by atoms with Crippen LogP contribution in [0.3, 0.4) is 0 Å². The fourth-order valence-corrected chi connectivity index (χ4v) is 6.67. The Morgan fingerprint density at radius 1 is 0.909 bits per heavy atom. The minimum absolute atomic E-state index is 0.0270. The minimum atomic E-state index is -3.63. The van der Waals surface area contributed by atoms with E-state index >= 15 is 0 Å². The van der Waals surface area contributed by atoms with Crippen LogP contribution < -0.4 is 14.7 Å². The van der Waals surface area contributed by atoms with Crippen LogP contribution in [0.4, 0.5) is 5.69 Å². The van der Waals surface area contributed by atoms with Crippen LogP contribution in [-0.4, -0.2) is 41.0 Å². The lowest BCUT2D eigenvalue weighted by molar-refractivity contribution is 0.415. The SMILES string of the molecule is C=c1c(-c2ccc(C)cc2)c(-c2ccc(C)cc2O)n2nc(-c3ccc(OC)cc3NS(=O)(=O)CCCCCCCC)nc12. The summed E-state index contributed by atoms with van der Waals surface area (Å²) < 4.78 is 36.2. The van der Waals surface area contributed by atoms with Crippen LogP contribution in [0.15, 0.2) is 60.7 Å². The van der Waals surface area contributed by atoms with E-state index in [1.807, 2.05) is 50.2 Å². The zero-order valence-electron chi connectivity index (χ0n) is 25.9. The van der Waals surface area contributed by atoms with Crippen LogP contribution in [0.1, 0.15) is 56.6 Å². The number of unbranched alkanes of at least 4 members (excludes halogenated alkanes) is 5. The molecule has 0 radical (unpaired) electrons. The number of fused-ring (bicyclic) bond motifs is 1. The second-order valence-electron chi connectivity index (χ2n) is 11.4. The number of phenols is 1. The lowest BCUT2D eigenvalue weighted by atomic mass is 9.98. The normalized spacial score (nSPS) is 11.7. The van der Waals surface area contributed by atoms with Crippen molar-refractivity contribution in [2.24, 2.45) is 0 Å². The first-order valence-electron chi connectivity index (χ1n) is 15.1. The largest absolute Gasteiger partial charge is 0.507 e. The molecule has 0 aliphatic carbocycles. The summed E-state index contributed by atoms with van der Waals surface area (Å²) in [5, 5.41) is 16.6. The molecule has 2 aromatic heterocycles. The van der Waals surface area contributed by atoms with Crippen LogP contribution in [0.5, 0.6) is 11.5 Å². The van der Waals surface area contributed by atoms with E-state index in [9.17, 15) is 13.5 Å². The smallest absolute Gasteiger partial charge is 0.232 e. The summed E-state index contributed by atoms with van der Waals surface area (Å²) in [6, 6.07) is 18.8. The minimum Gasteiger partial charge on any atom is -0.507 e. The summed E-state index contributed by atoms with van der Waals surface area (Å²) in [4.78, 5) is 4.86. The lowest BCUT2D eigenvalue weighted by Crippen LogP contribution is -2.17. The second-order valence-corrected chi connectivity index (χ2v) is 13.2. The van der Waals surface area contributed by atoms with Crippen molar-refractivity contribution in [2.75, 3.05) is 17.6 Å². The van der Waals surface area contributed by atoms with Gasteiger partial charge in [-0.05, 0) is 55.7 Å². The van der Waals surface area contributed by atoms with Gasteiger partial charge in [0.1, 0.15) is 11.5 Å². The Kier molecular flexibility index (Phi) is 9.25. The predicted octanol–water partition coefficient (Wildman–Crippen LogP) is 7.29. The van der Waals surface area contributed by atoms with E-state index in [4.69, 9.17) is 14.8 Å². The number of methoxy groups -OCH3 is 1. The van der Waals surface area contributed by atoms with E-state index in [0.717, 1.165) is 47.9 Å². The summed E-state index contributed by atoms with van der Waals surface area (Å²) in [7, 11) is -2.09. The molecule has 0 atom stereocenters. The fourth-order valence-electron chi connectivity index (χ4n) is 5.48. The van der Waals surface area contributed by atoms with Gasteiger partial charge in [0, 0.05) is 28.0 Å². The summed E-state index contributed by atoms with van der Waals surface area (Å²) in [5.74, 6) is 0.983. The number of benzene rings is 3. The Morgan fingerprint density at radius 3 is 2.30 bits per heavy atom. The quantitative estimate of drug-likeness (QED) is 0.135. The van der Waals surface area contributed by atoms with Gasteiger partial charge in [-0.15, -0.1) is 5.10 Å². The first-order valence-corrected chi connectivity index (χ1v) is 16.7. The number of anilines is 1. The zero-order valence-corrected chi connectivity index (χ0v) is 26.7. The standard InChI is InChI=1S/C35H40N4O4S/c1-6-7-8-9-10-11-20-44(41,42)38-30-22-27(43-5)17-19-28(30)34-36-35-25(4)32(26-15-12-23(2)13-16-26)33(39(35)37-34)29-18-14-24(3)21-31(29)40/h12-19,21-22,38,40H,4,6-11,20H2,1-3,5H3. The van der Waals surface area contributed by atoms with E-state index in [2.05, 4.69) is 18.2 Å². The Bertz CT molecular complexity index is 1930. The third-order valence-electron chi connectivity index (χ3n) is 7.88. The summed E-state index contributed by atoms with van der Waals surface area (Å²) in [6.45, 7) is 10.5. The number of hydrogen-bond acceptors (Lipinski definition) is 6. The number of nitrogens with zero attached hydrogens (tertiary/aromatic N) is 3. The highest BCUT2D eigenvalue weighted by Gasteiger charge is 2.24. The summed E-state index contributed by atoms with van der Waals surface area (Å²) in [5.41, 5.74) is 6.42. The van der Waals surface area contributed by atoms with Crippen LogP contribution in [0.25, 0.3) is 46.0 Å². The van der Waals surface area contributed by atoms with Gasteiger partial charge < -0.3 is 9.84 Å². The van der Waals surface area contributed by atoms with E-state index in [0.29, 0.717) is 51.4 Å². The number of aromatic hydroxyl groups is 1. The zero-order chi connectivity index (χ0) is 31.4. The highest BCUT2D eigenvalue weighted by Crippen LogP contribution is 2.38. The maximum atomic E-state index is 13.1. The predicted molar refractivity (Wildman–Crippen MR) is 179 cm³/mol. The fraction of sp³-hybridized carbons (Fsp3) is 0.314. The summed E-state index contributed by atoms with van der Waals surface area (Å²) >= 11 is 0. The maximum absolute atomic E-state index is 13.1. The molecule has 2 N–H and O–H groups in total. The molecule has 5 rings (SSSR count). The van der Waals surface area contributed by atoms with E-state index < -0.39 is 10.0 Å². The number of rotatable bonds is 13. The molecule has 0 fully saturated rings. The molecule has 44 heavy (non-hydrogen) atoms. The van der Waals surface area contributed by atoms with Gasteiger partial charge in [-0.25, -0.2) is 17.9 Å². The third-order valence-corrected chi connectivity index (χ3v) is 9.23. The van der Waals surface area contributed by atoms with Crippen LogP contribution in [0, 0.1) is 13.8 Å². The van der Waals surface area contributed by atoms with Gasteiger partial charge in [0.2, 0.25) is 10.0 Å². The average Bonchev–Trinajstić information content (AvgIpc) is 3.53. The van der Waals surface area contributed by atoms with Crippen molar-refractivity contribution in [1.29, 1.82) is 0 Å². The van der Waals surface area contributed by atoms with Crippen molar-refractivity contribution in [3.63, 3.8) is 0 Å². The van der Waals surface area contributed by atoms with Crippen LogP contribution in [0.2, 0.25) is 0 Å². The number of nitrogens with one attached hydrogen (secondary N) is 1. The highest BCUT2D eigenvalue weighted by molar-refractivity contribution is 7.92. The molecule has 8 nitrogen and oxygen atoms in total. The van der Waals surface area contributed by atoms with Crippen molar-refractivity contribution in [1.82, 2.24) is 14.6 Å². The molecule has 0 saturated carbocycles. The molecule has 3 aromatic carbocycles. The molecular formula is C35H40N4O4S. The molecule has 2 heterocycles. The van der Waals surface area contributed by atoms with Crippen molar-refractivity contribution in [2.45, 2.75) is 59.3 Å². The first-order chi connectivity index (χ1) is 21.1. The topological polar surface area (TPSA) is 106 Å². The Labute approximate surface area is 259 Å². The van der Waals surface area contributed by atoms with Crippen molar-refractivity contribution < 1.29 is 18.3 Å². The third kappa shape index (κ3) is 6.58. The Balaban J connectivity index is 1.59. The van der Waals surface area contributed by atoms with E-state index in [1.165, 1.54) is 13.5 Å². The molecule has 0 spiro atoms. The molecule has 0 amide bonds. The van der Waals surface area contributed by atoms with Gasteiger partial charge in [-0.1, -0.05) is 81.5 Å². The Hall–Kier alpha value is -4.37. The molecule has 230 valence electrons. The van der Waals surface area contributed by atoms with Gasteiger partial charge in [-0.3, -0.25) is 4.72 Å². The van der Waals surface area contributed by atoms with E-state index in [1.54, 1.807) is 28.8 Å². The second kappa shape index (κ2) is 13.1. The number of aromatic nitrogens is 3.